The van der Waals surface area contributed by atoms with Crippen molar-refractivity contribution >= 4 is 69.1 Å². The fraction of sp³-hybridized carbons (Fsp3) is 0.211. The Kier molecular flexibility index (Phi) is 5.78. The normalized spacial score (nSPS) is 16.9. The number of rotatable bonds is 4. The summed E-state index contributed by atoms with van der Waals surface area (Å²) in [5.41, 5.74) is 1.69. The molecule has 1 aliphatic rings. The van der Waals surface area contributed by atoms with Crippen LogP contribution < -0.4 is 5.32 Å². The second kappa shape index (κ2) is 8.11. The van der Waals surface area contributed by atoms with Crippen molar-refractivity contribution in [3.8, 4) is 0 Å². The van der Waals surface area contributed by atoms with Crippen LogP contribution in [0.25, 0.3) is 0 Å². The van der Waals surface area contributed by atoms with E-state index in [1.54, 1.807) is 34.8 Å². The van der Waals surface area contributed by atoms with Crippen molar-refractivity contribution in [1.82, 2.24) is 4.90 Å². The van der Waals surface area contributed by atoms with Crippen molar-refractivity contribution in [2.75, 3.05) is 18.4 Å². The van der Waals surface area contributed by atoms with Gasteiger partial charge in [-0.25, -0.2) is 0 Å². The Labute approximate surface area is 180 Å². The molecule has 0 bridgehead atoms. The summed E-state index contributed by atoms with van der Waals surface area (Å²) >= 11 is 21.8. The van der Waals surface area contributed by atoms with E-state index in [4.69, 9.17) is 34.8 Å². The van der Waals surface area contributed by atoms with Crippen LogP contribution in [0.4, 0.5) is 5.69 Å². The van der Waals surface area contributed by atoms with Crippen LogP contribution in [-0.2, 0) is 11.2 Å². The molecule has 1 aromatic carbocycles. The number of hydrogen-bond acceptors (Lipinski definition) is 4. The number of fused-ring (bicyclic) bond motifs is 1. The predicted octanol–water partition coefficient (Wildman–Crippen LogP) is 6.36. The largest absolute Gasteiger partial charge is 0.322 e. The number of nitrogens with zero attached hydrogens (tertiary/aromatic N) is 1. The smallest absolute Gasteiger partial charge is 0.238 e. The number of anilines is 1. The maximum atomic E-state index is 12.7. The Balaban J connectivity index is 1.56. The van der Waals surface area contributed by atoms with Crippen LogP contribution in [0.2, 0.25) is 15.1 Å². The molecule has 3 nitrogen and oxygen atoms in total. The molecule has 8 heteroatoms. The van der Waals surface area contributed by atoms with E-state index in [2.05, 4.69) is 33.1 Å². The van der Waals surface area contributed by atoms with Crippen molar-refractivity contribution in [3.05, 3.63) is 71.5 Å². The summed E-state index contributed by atoms with van der Waals surface area (Å²) in [5.74, 6) is -0.152. The minimum absolute atomic E-state index is 0.0990. The van der Waals surface area contributed by atoms with E-state index in [9.17, 15) is 4.79 Å². The van der Waals surface area contributed by atoms with E-state index in [1.165, 1.54) is 15.3 Å². The third-order valence-electron chi connectivity index (χ3n) is 4.50. The van der Waals surface area contributed by atoms with E-state index in [1.807, 2.05) is 6.07 Å². The van der Waals surface area contributed by atoms with Gasteiger partial charge in [0.25, 0.3) is 0 Å². The van der Waals surface area contributed by atoms with Gasteiger partial charge >= 0.3 is 0 Å². The summed E-state index contributed by atoms with van der Waals surface area (Å²) < 4.78 is 0. The number of halogens is 3. The molecule has 1 amide bonds. The van der Waals surface area contributed by atoms with Crippen molar-refractivity contribution < 1.29 is 4.79 Å². The molecule has 0 radical (unpaired) electrons. The lowest BCUT2D eigenvalue weighted by atomic mass is 9.98. The fourth-order valence-electron chi connectivity index (χ4n) is 3.34. The zero-order valence-corrected chi connectivity index (χ0v) is 17.9. The third-order valence-corrected chi connectivity index (χ3v) is 7.23. The molecule has 1 aliphatic heterocycles. The maximum absolute atomic E-state index is 12.7. The number of amides is 1. The molecule has 0 aliphatic carbocycles. The molecule has 2 aromatic heterocycles. The summed E-state index contributed by atoms with van der Waals surface area (Å²) in [6.45, 7) is 1.08. The fourth-order valence-corrected chi connectivity index (χ4v) is 6.04. The SMILES string of the molecule is O=C(CN1CCc2sccc2C1c1cccs1)Nc1c(Cl)cc(Cl)cc1Cl. The van der Waals surface area contributed by atoms with Crippen LogP contribution in [0.1, 0.15) is 21.4 Å². The molecule has 1 unspecified atom stereocenters. The molecule has 27 heavy (non-hydrogen) atoms. The zero-order valence-electron chi connectivity index (χ0n) is 14.0. The van der Waals surface area contributed by atoms with Gasteiger partial charge < -0.3 is 5.32 Å². The Morgan fingerprint density at radius 1 is 1.15 bits per heavy atom. The molecule has 1 N–H and O–H groups in total. The number of carbonyl (C=O) groups is 1. The van der Waals surface area contributed by atoms with Gasteiger partial charge in [0.15, 0.2) is 0 Å². The average Bonchev–Trinajstić information content (AvgIpc) is 3.29. The molecule has 140 valence electrons. The van der Waals surface area contributed by atoms with Crippen LogP contribution in [0, 0.1) is 0 Å². The number of thiophene rings is 2. The summed E-state index contributed by atoms with van der Waals surface area (Å²) in [6, 6.07) is 9.57. The van der Waals surface area contributed by atoms with Crippen molar-refractivity contribution in [3.63, 3.8) is 0 Å². The molecule has 3 heterocycles. The molecule has 4 rings (SSSR count). The third kappa shape index (κ3) is 4.04. The molecular weight excluding hydrogens is 443 g/mol. The Morgan fingerprint density at radius 3 is 2.63 bits per heavy atom. The lowest BCUT2D eigenvalue weighted by molar-refractivity contribution is -0.117. The first-order valence-electron chi connectivity index (χ1n) is 8.31. The average molecular weight is 458 g/mol. The van der Waals surface area contributed by atoms with E-state index in [0.29, 0.717) is 20.8 Å². The van der Waals surface area contributed by atoms with Gasteiger partial charge in [-0.15, -0.1) is 22.7 Å². The zero-order chi connectivity index (χ0) is 19.0. The van der Waals surface area contributed by atoms with Crippen LogP contribution in [0.3, 0.4) is 0 Å². The van der Waals surface area contributed by atoms with E-state index >= 15 is 0 Å². The topological polar surface area (TPSA) is 32.3 Å². The van der Waals surface area contributed by atoms with Gasteiger partial charge in [-0.2, -0.15) is 0 Å². The summed E-state index contributed by atoms with van der Waals surface area (Å²) in [7, 11) is 0. The summed E-state index contributed by atoms with van der Waals surface area (Å²) in [6.07, 6.45) is 0.949. The highest BCUT2D eigenvalue weighted by Gasteiger charge is 2.31. The highest BCUT2D eigenvalue weighted by Crippen LogP contribution is 2.39. The summed E-state index contributed by atoms with van der Waals surface area (Å²) in [4.78, 5) is 17.6. The van der Waals surface area contributed by atoms with Gasteiger partial charge in [0.1, 0.15) is 0 Å². The van der Waals surface area contributed by atoms with Crippen molar-refractivity contribution in [1.29, 1.82) is 0 Å². The second-order valence-corrected chi connectivity index (χ2v) is 9.46. The molecule has 0 spiro atoms. The molecular formula is C19H15Cl3N2OS2. The van der Waals surface area contributed by atoms with E-state index in [-0.39, 0.29) is 18.5 Å². The van der Waals surface area contributed by atoms with Gasteiger partial charge in [-0.05, 0) is 47.0 Å². The van der Waals surface area contributed by atoms with Gasteiger partial charge in [0, 0.05) is 21.3 Å². The maximum Gasteiger partial charge on any atom is 0.238 e. The quantitative estimate of drug-likeness (QED) is 0.494. The first-order chi connectivity index (χ1) is 13.0. The van der Waals surface area contributed by atoms with E-state index < -0.39 is 0 Å². The second-order valence-electron chi connectivity index (χ2n) is 6.23. The van der Waals surface area contributed by atoms with Gasteiger partial charge in [0.05, 0.1) is 28.3 Å². The summed E-state index contributed by atoms with van der Waals surface area (Å²) in [5, 5.41) is 8.13. The van der Waals surface area contributed by atoms with Crippen LogP contribution in [0.5, 0.6) is 0 Å². The Hall–Kier alpha value is -1.08. The van der Waals surface area contributed by atoms with Crippen molar-refractivity contribution in [2.24, 2.45) is 0 Å². The number of hydrogen-bond donors (Lipinski definition) is 1. The minimum atomic E-state index is -0.152. The monoisotopic (exact) mass is 456 g/mol. The van der Waals surface area contributed by atoms with Crippen LogP contribution >= 0.6 is 57.5 Å². The lowest BCUT2D eigenvalue weighted by Crippen LogP contribution is -2.40. The van der Waals surface area contributed by atoms with Crippen molar-refractivity contribution in [2.45, 2.75) is 12.5 Å². The standard InChI is InChI=1S/C19H15Cl3N2OS2/c20-11-8-13(21)18(14(22)9-11)23-17(25)10-24-5-3-15-12(4-7-27-15)19(24)16-2-1-6-26-16/h1-2,4,6-9,19H,3,5,10H2,(H,23,25). The molecule has 0 fully saturated rings. The van der Waals surface area contributed by atoms with Gasteiger partial charge in [-0.3, -0.25) is 9.69 Å². The number of benzene rings is 1. The first-order valence-corrected chi connectivity index (χ1v) is 11.2. The molecule has 0 saturated heterocycles. The predicted molar refractivity (Wildman–Crippen MR) is 116 cm³/mol. The Morgan fingerprint density at radius 2 is 1.93 bits per heavy atom. The highest BCUT2D eigenvalue weighted by atomic mass is 35.5. The van der Waals surface area contributed by atoms with E-state index in [0.717, 1.165) is 13.0 Å². The highest BCUT2D eigenvalue weighted by molar-refractivity contribution is 7.10. The lowest BCUT2D eigenvalue weighted by Gasteiger charge is -2.34. The molecule has 1 atom stereocenters. The molecule has 3 aromatic rings. The number of nitrogens with one attached hydrogen (secondary N) is 1. The van der Waals surface area contributed by atoms with Gasteiger partial charge in [0.2, 0.25) is 5.91 Å². The Bertz CT molecular complexity index is 948. The first kappa shape index (κ1) is 19.2. The van der Waals surface area contributed by atoms with Gasteiger partial charge in [-0.1, -0.05) is 40.9 Å². The number of carbonyl (C=O) groups excluding carboxylic acids is 1. The minimum Gasteiger partial charge on any atom is -0.322 e. The molecule has 0 saturated carbocycles. The van der Waals surface area contributed by atoms with Crippen LogP contribution in [-0.4, -0.2) is 23.9 Å². The van der Waals surface area contributed by atoms with Crippen LogP contribution in [0.15, 0.2) is 41.1 Å².